The fraction of sp³-hybridized carbons (Fsp3) is 0.278. The molecule has 7 heteroatoms. The van der Waals surface area contributed by atoms with Gasteiger partial charge in [-0.1, -0.05) is 24.3 Å². The van der Waals surface area contributed by atoms with Gasteiger partial charge in [0.05, 0.1) is 13.7 Å². The quantitative estimate of drug-likeness (QED) is 0.637. The molecule has 1 aromatic carbocycles. The molecule has 1 saturated heterocycles. The van der Waals surface area contributed by atoms with Gasteiger partial charge in [0.25, 0.3) is 5.17 Å². The third-order valence-electron chi connectivity index (χ3n) is 4.17. The molecule has 1 aliphatic rings. The molecule has 6 nitrogen and oxygen atoms in total. The van der Waals surface area contributed by atoms with Crippen LogP contribution in [0.15, 0.2) is 48.8 Å². The molecule has 2 unspecified atom stereocenters. The first kappa shape index (κ1) is 17.3. The van der Waals surface area contributed by atoms with Crippen LogP contribution in [0.5, 0.6) is 0 Å². The van der Waals surface area contributed by atoms with E-state index in [0.717, 1.165) is 11.1 Å². The van der Waals surface area contributed by atoms with Gasteiger partial charge in [-0.25, -0.2) is 4.79 Å². The van der Waals surface area contributed by atoms with Crippen LogP contribution in [-0.2, 0) is 19.9 Å². The Balaban J connectivity index is 1.74. The van der Waals surface area contributed by atoms with Crippen LogP contribution in [-0.4, -0.2) is 41.0 Å². The molecule has 1 aromatic heterocycles. The largest absolute Gasteiger partial charge is 0.474 e. The molecule has 0 saturated carbocycles. The lowest BCUT2D eigenvalue weighted by atomic mass is 9.89. The molecule has 0 radical (unpaired) electrons. The maximum atomic E-state index is 12.2. The molecule has 0 aliphatic carbocycles. The van der Waals surface area contributed by atoms with E-state index in [-0.39, 0.29) is 18.1 Å². The zero-order chi connectivity index (χ0) is 17.9. The first-order chi connectivity index (χ1) is 12.0. The smallest absolute Gasteiger partial charge is 0.343 e. The second-order valence-electron chi connectivity index (χ2n) is 5.78. The zero-order valence-corrected chi connectivity index (χ0v) is 14.5. The number of aliphatic hydroxyl groups is 1. The number of esters is 1. The molecule has 3 rings (SSSR count). The summed E-state index contributed by atoms with van der Waals surface area (Å²) >= 11 is 4.89. The van der Waals surface area contributed by atoms with Gasteiger partial charge in [-0.2, -0.15) is 0 Å². The zero-order valence-electron chi connectivity index (χ0n) is 13.6. The van der Waals surface area contributed by atoms with Gasteiger partial charge in [0.1, 0.15) is 6.10 Å². The van der Waals surface area contributed by atoms with Gasteiger partial charge in [-0.15, -0.1) is 0 Å². The van der Waals surface area contributed by atoms with Crippen LogP contribution in [0.2, 0.25) is 0 Å². The van der Waals surface area contributed by atoms with Crippen molar-refractivity contribution in [3.05, 3.63) is 54.4 Å². The molecule has 130 valence electrons. The Hall–Kier alpha value is -2.51. The predicted octanol–water partition coefficient (Wildman–Crippen LogP) is 1.77. The average molecular weight is 358 g/mol. The molecule has 0 spiro atoms. The van der Waals surface area contributed by atoms with Gasteiger partial charge in [-0.05, 0) is 41.0 Å². The number of carbonyl (C=O) groups excluding carboxylic acids is 1. The number of thiocarbonyl (C=S) groups is 1. The first-order valence-electron chi connectivity index (χ1n) is 7.79. The number of nitrogens with one attached hydrogen (secondary N) is 1. The SMILES string of the molecule is COC(=S)NCC1CC(O)(c2ccc(-c3ccncc3)cc2)C(=O)O1. The standard InChI is InChI=1S/C18H18N2O4S/c1-23-17(25)20-11-15-10-18(22,16(21)24-15)14-4-2-12(3-5-14)13-6-8-19-9-7-13/h2-9,15,22H,10-11H2,1H3,(H,20,25). The van der Waals surface area contributed by atoms with E-state index >= 15 is 0 Å². The minimum absolute atomic E-state index is 0.153. The fourth-order valence-corrected chi connectivity index (χ4v) is 2.89. The normalized spacial score (nSPS) is 22.3. The topological polar surface area (TPSA) is 80.7 Å². The average Bonchev–Trinajstić information content (AvgIpc) is 2.95. The van der Waals surface area contributed by atoms with E-state index in [1.165, 1.54) is 7.11 Å². The third kappa shape index (κ3) is 3.62. The van der Waals surface area contributed by atoms with Gasteiger partial charge < -0.3 is 19.9 Å². The highest BCUT2D eigenvalue weighted by Crippen LogP contribution is 2.36. The Morgan fingerprint density at radius 3 is 2.60 bits per heavy atom. The van der Waals surface area contributed by atoms with Gasteiger partial charge in [0.2, 0.25) is 0 Å². The summed E-state index contributed by atoms with van der Waals surface area (Å²) in [6.45, 7) is 0.288. The lowest BCUT2D eigenvalue weighted by Gasteiger charge is -2.18. The van der Waals surface area contributed by atoms with Crippen molar-refractivity contribution in [2.24, 2.45) is 0 Å². The summed E-state index contributed by atoms with van der Waals surface area (Å²) in [7, 11) is 1.46. The van der Waals surface area contributed by atoms with Crippen molar-refractivity contribution in [2.75, 3.05) is 13.7 Å². The minimum atomic E-state index is -1.65. The van der Waals surface area contributed by atoms with E-state index in [1.807, 2.05) is 24.3 Å². The summed E-state index contributed by atoms with van der Waals surface area (Å²) in [5.74, 6) is -0.653. The van der Waals surface area contributed by atoms with Crippen molar-refractivity contribution in [3.8, 4) is 11.1 Å². The van der Waals surface area contributed by atoms with E-state index in [0.29, 0.717) is 5.56 Å². The number of carbonyl (C=O) groups is 1. The van der Waals surface area contributed by atoms with Crippen molar-refractivity contribution < 1.29 is 19.4 Å². The van der Waals surface area contributed by atoms with Crippen LogP contribution in [0.1, 0.15) is 12.0 Å². The highest BCUT2D eigenvalue weighted by Gasteiger charge is 2.49. The van der Waals surface area contributed by atoms with Gasteiger partial charge in [-0.3, -0.25) is 4.98 Å². The van der Waals surface area contributed by atoms with Crippen molar-refractivity contribution >= 4 is 23.4 Å². The highest BCUT2D eigenvalue weighted by atomic mass is 32.1. The van der Waals surface area contributed by atoms with Crippen molar-refractivity contribution in [3.63, 3.8) is 0 Å². The van der Waals surface area contributed by atoms with Crippen LogP contribution in [0.25, 0.3) is 11.1 Å². The molecule has 25 heavy (non-hydrogen) atoms. The van der Waals surface area contributed by atoms with Crippen LogP contribution in [0.3, 0.4) is 0 Å². The van der Waals surface area contributed by atoms with E-state index in [9.17, 15) is 9.90 Å². The molecular weight excluding hydrogens is 340 g/mol. The van der Waals surface area contributed by atoms with E-state index < -0.39 is 17.7 Å². The number of hydrogen-bond donors (Lipinski definition) is 2. The van der Waals surface area contributed by atoms with E-state index in [4.69, 9.17) is 21.7 Å². The number of hydrogen-bond acceptors (Lipinski definition) is 6. The molecule has 1 aliphatic heterocycles. The summed E-state index contributed by atoms with van der Waals surface area (Å²) in [5.41, 5.74) is 0.840. The second-order valence-corrected chi connectivity index (χ2v) is 6.15. The van der Waals surface area contributed by atoms with Gasteiger partial charge >= 0.3 is 5.97 Å². The van der Waals surface area contributed by atoms with Crippen LogP contribution in [0, 0.1) is 0 Å². The number of pyridine rings is 1. The number of cyclic esters (lactones) is 1. The minimum Gasteiger partial charge on any atom is -0.474 e. The summed E-state index contributed by atoms with van der Waals surface area (Å²) < 4.78 is 10.1. The van der Waals surface area contributed by atoms with Crippen LogP contribution < -0.4 is 5.32 Å². The van der Waals surface area contributed by atoms with E-state index in [1.54, 1.807) is 24.5 Å². The number of nitrogens with zero attached hydrogens (tertiary/aromatic N) is 1. The summed E-state index contributed by atoms with van der Waals surface area (Å²) in [6, 6.07) is 11.0. The Morgan fingerprint density at radius 1 is 1.32 bits per heavy atom. The maximum Gasteiger partial charge on any atom is 0.343 e. The fourth-order valence-electron chi connectivity index (χ4n) is 2.80. The number of benzene rings is 1. The van der Waals surface area contributed by atoms with Crippen LogP contribution in [0.4, 0.5) is 0 Å². The van der Waals surface area contributed by atoms with Crippen molar-refractivity contribution in [2.45, 2.75) is 18.1 Å². The lowest BCUT2D eigenvalue weighted by Crippen LogP contribution is -2.33. The van der Waals surface area contributed by atoms with E-state index in [2.05, 4.69) is 10.3 Å². The third-order valence-corrected chi connectivity index (χ3v) is 4.48. The second kappa shape index (κ2) is 7.16. The predicted molar refractivity (Wildman–Crippen MR) is 95.7 cm³/mol. The molecule has 0 bridgehead atoms. The molecule has 1 fully saturated rings. The monoisotopic (exact) mass is 358 g/mol. The molecule has 2 aromatic rings. The Bertz CT molecular complexity index is 766. The molecular formula is C18H18N2O4S. The Kier molecular flexibility index (Phi) is 4.96. The van der Waals surface area contributed by atoms with Crippen molar-refractivity contribution in [1.29, 1.82) is 0 Å². The molecule has 2 N–H and O–H groups in total. The highest BCUT2D eigenvalue weighted by molar-refractivity contribution is 7.80. The maximum absolute atomic E-state index is 12.2. The van der Waals surface area contributed by atoms with Gasteiger partial charge in [0, 0.05) is 18.8 Å². The Labute approximate surface area is 150 Å². The molecule has 2 atom stereocenters. The molecule has 2 heterocycles. The van der Waals surface area contributed by atoms with Crippen LogP contribution >= 0.6 is 12.2 Å². The summed E-state index contributed by atoms with van der Waals surface area (Å²) in [6.07, 6.45) is 3.10. The summed E-state index contributed by atoms with van der Waals surface area (Å²) in [5, 5.41) is 13.9. The molecule has 0 amide bonds. The summed E-state index contributed by atoms with van der Waals surface area (Å²) in [4.78, 5) is 16.2. The number of methoxy groups -OCH3 is 1. The lowest BCUT2D eigenvalue weighted by molar-refractivity contribution is -0.155. The number of ether oxygens (including phenoxy) is 2. The number of rotatable bonds is 4. The van der Waals surface area contributed by atoms with Gasteiger partial charge in [0.15, 0.2) is 5.60 Å². The van der Waals surface area contributed by atoms with Crippen molar-refractivity contribution in [1.82, 2.24) is 10.3 Å². The first-order valence-corrected chi connectivity index (χ1v) is 8.20. The number of aromatic nitrogens is 1. The Morgan fingerprint density at radius 2 is 1.96 bits per heavy atom.